The van der Waals surface area contributed by atoms with Crippen molar-refractivity contribution in [3.63, 3.8) is 0 Å². The Kier molecular flexibility index (Phi) is 3.96. The van der Waals surface area contributed by atoms with Gasteiger partial charge in [-0.15, -0.1) is 10.2 Å². The predicted octanol–water partition coefficient (Wildman–Crippen LogP) is 2.68. The van der Waals surface area contributed by atoms with Gasteiger partial charge in [-0.25, -0.2) is 0 Å². The van der Waals surface area contributed by atoms with Crippen molar-refractivity contribution < 1.29 is 9.53 Å². The third-order valence-corrected chi connectivity index (χ3v) is 3.88. The van der Waals surface area contributed by atoms with Crippen molar-refractivity contribution in [1.82, 2.24) is 10.2 Å². The summed E-state index contributed by atoms with van der Waals surface area (Å²) in [6.45, 7) is 6.62. The van der Waals surface area contributed by atoms with Crippen LogP contribution in [-0.2, 0) is 9.53 Å². The molecule has 1 amide bonds. The van der Waals surface area contributed by atoms with E-state index in [1.54, 1.807) is 0 Å². The van der Waals surface area contributed by atoms with Crippen LogP contribution in [0.1, 0.15) is 44.5 Å². The van der Waals surface area contributed by atoms with Gasteiger partial charge >= 0.3 is 0 Å². The fraction of sp³-hybridized carbons (Fsp3) is 0.583. The molecule has 1 aromatic rings. The summed E-state index contributed by atoms with van der Waals surface area (Å²) < 4.78 is 5.38. The number of carbonyl (C=O) groups is 1. The summed E-state index contributed by atoms with van der Waals surface area (Å²) in [6.07, 6.45) is 1.64. The van der Waals surface area contributed by atoms with Crippen LogP contribution in [0.15, 0.2) is 11.3 Å². The Bertz CT molecular complexity index is 479. The van der Waals surface area contributed by atoms with Crippen LogP contribution in [0, 0.1) is 0 Å². The number of anilines is 1. The summed E-state index contributed by atoms with van der Waals surface area (Å²) in [6, 6.07) is 0. The van der Waals surface area contributed by atoms with Crippen LogP contribution in [0.2, 0.25) is 0 Å². The number of hydrogen-bond donors (Lipinski definition) is 1. The number of rotatable bonds is 3. The van der Waals surface area contributed by atoms with Crippen LogP contribution in [0.4, 0.5) is 5.13 Å². The molecule has 0 aromatic carbocycles. The van der Waals surface area contributed by atoms with Crippen LogP contribution in [0.3, 0.4) is 0 Å². The van der Waals surface area contributed by atoms with E-state index < -0.39 is 0 Å². The maximum atomic E-state index is 12.0. The zero-order valence-electron chi connectivity index (χ0n) is 10.8. The molecule has 1 aliphatic heterocycles. The highest BCUT2D eigenvalue weighted by Gasteiger charge is 2.19. The second-order valence-corrected chi connectivity index (χ2v) is 5.55. The number of nitrogens with one attached hydrogen (secondary N) is 1. The fourth-order valence-electron chi connectivity index (χ4n) is 1.70. The Morgan fingerprint density at radius 3 is 2.83 bits per heavy atom. The van der Waals surface area contributed by atoms with Gasteiger partial charge in [0.2, 0.25) is 5.13 Å². The van der Waals surface area contributed by atoms with E-state index in [-0.39, 0.29) is 5.91 Å². The lowest BCUT2D eigenvalue weighted by Crippen LogP contribution is -2.19. The lowest BCUT2D eigenvalue weighted by molar-refractivity contribution is -0.113. The van der Waals surface area contributed by atoms with E-state index in [2.05, 4.69) is 15.5 Å². The molecule has 0 saturated carbocycles. The van der Waals surface area contributed by atoms with E-state index in [0.717, 1.165) is 17.8 Å². The molecule has 0 atom stereocenters. The Labute approximate surface area is 110 Å². The number of allylic oxidation sites excluding steroid dienone is 1. The van der Waals surface area contributed by atoms with Gasteiger partial charge in [-0.2, -0.15) is 0 Å². The van der Waals surface area contributed by atoms with Gasteiger partial charge in [0.05, 0.1) is 12.2 Å². The first-order valence-electron chi connectivity index (χ1n) is 6.05. The minimum absolute atomic E-state index is 0.126. The monoisotopic (exact) mass is 267 g/mol. The minimum Gasteiger partial charge on any atom is -0.498 e. The van der Waals surface area contributed by atoms with Crippen LogP contribution in [0.5, 0.6) is 0 Å². The summed E-state index contributed by atoms with van der Waals surface area (Å²) in [7, 11) is 0. The second-order valence-electron chi connectivity index (χ2n) is 4.54. The Morgan fingerprint density at radius 2 is 2.22 bits per heavy atom. The van der Waals surface area contributed by atoms with Gasteiger partial charge in [0.15, 0.2) is 0 Å². The van der Waals surface area contributed by atoms with Crippen molar-refractivity contribution in [2.45, 2.75) is 39.5 Å². The van der Waals surface area contributed by atoms with Crippen LogP contribution >= 0.6 is 11.3 Å². The van der Waals surface area contributed by atoms with E-state index in [9.17, 15) is 4.79 Å². The van der Waals surface area contributed by atoms with Gasteiger partial charge in [0.1, 0.15) is 10.8 Å². The van der Waals surface area contributed by atoms with Crippen molar-refractivity contribution in [3.8, 4) is 0 Å². The van der Waals surface area contributed by atoms with E-state index in [4.69, 9.17) is 4.74 Å². The molecule has 1 aliphatic rings. The molecule has 6 heteroatoms. The van der Waals surface area contributed by atoms with E-state index in [1.807, 2.05) is 20.8 Å². The van der Waals surface area contributed by atoms with E-state index in [0.29, 0.717) is 29.0 Å². The molecule has 1 N–H and O–H groups in total. The number of hydrogen-bond acceptors (Lipinski definition) is 5. The zero-order chi connectivity index (χ0) is 13.1. The highest BCUT2D eigenvalue weighted by Crippen LogP contribution is 2.24. The third kappa shape index (κ3) is 2.87. The topological polar surface area (TPSA) is 64.1 Å². The Balaban J connectivity index is 2.06. The Hall–Kier alpha value is -1.43. The number of amides is 1. The van der Waals surface area contributed by atoms with Crippen molar-refractivity contribution >= 4 is 22.4 Å². The molecule has 2 heterocycles. The van der Waals surface area contributed by atoms with Crippen LogP contribution in [0.25, 0.3) is 0 Å². The number of ether oxygens (including phenoxy) is 1. The third-order valence-electron chi connectivity index (χ3n) is 2.74. The van der Waals surface area contributed by atoms with Gasteiger partial charge in [0, 0.05) is 5.92 Å². The van der Waals surface area contributed by atoms with Crippen molar-refractivity contribution in [2.24, 2.45) is 0 Å². The SMILES string of the molecule is CC1=C(C(=O)Nc2nnc(C(C)C)s2)CCCO1. The number of carbonyl (C=O) groups excluding carboxylic acids is 1. The molecule has 0 spiro atoms. The van der Waals surface area contributed by atoms with Crippen LogP contribution in [-0.4, -0.2) is 22.7 Å². The summed E-state index contributed by atoms with van der Waals surface area (Å²) in [4.78, 5) is 12.0. The van der Waals surface area contributed by atoms with Gasteiger partial charge in [-0.05, 0) is 19.8 Å². The smallest absolute Gasteiger partial charge is 0.256 e. The summed E-state index contributed by atoms with van der Waals surface area (Å²) in [5, 5.41) is 12.3. The van der Waals surface area contributed by atoms with Crippen molar-refractivity contribution in [3.05, 3.63) is 16.3 Å². The highest BCUT2D eigenvalue weighted by molar-refractivity contribution is 7.15. The Morgan fingerprint density at radius 1 is 1.44 bits per heavy atom. The normalized spacial score (nSPS) is 15.8. The summed E-state index contributed by atoms with van der Waals surface area (Å²) >= 11 is 1.42. The molecule has 0 fully saturated rings. The largest absolute Gasteiger partial charge is 0.498 e. The predicted molar refractivity (Wildman–Crippen MR) is 70.5 cm³/mol. The lowest BCUT2D eigenvalue weighted by atomic mass is 10.1. The zero-order valence-corrected chi connectivity index (χ0v) is 11.6. The average molecular weight is 267 g/mol. The molecule has 5 nitrogen and oxygen atoms in total. The molecule has 1 aromatic heterocycles. The second kappa shape index (κ2) is 5.48. The standard InChI is InChI=1S/C12H17N3O2S/c1-7(2)11-14-15-12(18-11)13-10(16)9-5-4-6-17-8(9)3/h7H,4-6H2,1-3H3,(H,13,15,16). The maximum Gasteiger partial charge on any atom is 0.256 e. The number of aromatic nitrogens is 2. The van der Waals surface area contributed by atoms with Gasteiger partial charge in [-0.3, -0.25) is 10.1 Å². The van der Waals surface area contributed by atoms with Crippen molar-refractivity contribution in [1.29, 1.82) is 0 Å². The van der Waals surface area contributed by atoms with Crippen molar-refractivity contribution in [2.75, 3.05) is 11.9 Å². The molecule has 98 valence electrons. The van der Waals surface area contributed by atoms with Gasteiger partial charge < -0.3 is 4.74 Å². The fourth-order valence-corrected chi connectivity index (χ4v) is 2.44. The molecule has 0 aliphatic carbocycles. The quantitative estimate of drug-likeness (QED) is 0.914. The summed E-state index contributed by atoms with van der Waals surface area (Å²) in [5.41, 5.74) is 0.711. The first kappa shape index (κ1) is 13.0. The molecular formula is C12H17N3O2S. The van der Waals surface area contributed by atoms with Crippen LogP contribution < -0.4 is 5.32 Å². The number of nitrogens with zero attached hydrogens (tertiary/aromatic N) is 2. The average Bonchev–Trinajstić information content (AvgIpc) is 2.78. The van der Waals surface area contributed by atoms with E-state index in [1.165, 1.54) is 11.3 Å². The molecule has 0 unspecified atom stereocenters. The molecule has 0 radical (unpaired) electrons. The molecule has 0 saturated heterocycles. The molecular weight excluding hydrogens is 250 g/mol. The first-order chi connectivity index (χ1) is 8.58. The molecule has 0 bridgehead atoms. The first-order valence-corrected chi connectivity index (χ1v) is 6.87. The lowest BCUT2D eigenvalue weighted by Gasteiger charge is -2.17. The highest BCUT2D eigenvalue weighted by atomic mass is 32.1. The molecule has 18 heavy (non-hydrogen) atoms. The summed E-state index contributed by atoms with van der Waals surface area (Å²) in [5.74, 6) is 0.915. The van der Waals surface area contributed by atoms with Gasteiger partial charge in [-0.1, -0.05) is 25.2 Å². The van der Waals surface area contributed by atoms with Gasteiger partial charge in [0.25, 0.3) is 5.91 Å². The molecule has 2 rings (SSSR count). The minimum atomic E-state index is -0.126. The van der Waals surface area contributed by atoms with E-state index >= 15 is 0 Å². The maximum absolute atomic E-state index is 12.0.